The maximum Gasteiger partial charge on any atom is 0.0615 e. The van der Waals surface area contributed by atoms with Gasteiger partial charge >= 0.3 is 0 Å². The van der Waals surface area contributed by atoms with Crippen LogP contribution in [0.15, 0.2) is 47.0 Å². The number of allylic oxidation sites excluding steroid dienone is 4. The van der Waals surface area contributed by atoms with E-state index < -0.39 is 0 Å². The zero-order valence-electron chi connectivity index (χ0n) is 17.1. The van der Waals surface area contributed by atoms with Gasteiger partial charge in [-0.05, 0) is 45.0 Å². The maximum atomic E-state index is 8.38. The lowest BCUT2D eigenvalue weighted by atomic mass is 10.1. The van der Waals surface area contributed by atoms with E-state index in [1.165, 1.54) is 30.1 Å². The first kappa shape index (κ1) is 32.0. The topological polar surface area (TPSA) is 60.7 Å². The Labute approximate surface area is 165 Å². The molecule has 0 aliphatic heterocycles. The molecule has 0 fully saturated rings. The van der Waals surface area contributed by atoms with Crippen LogP contribution in [0.5, 0.6) is 0 Å². The lowest BCUT2D eigenvalue weighted by molar-refractivity contribution is 0.280. The van der Waals surface area contributed by atoms with Crippen LogP contribution in [0.25, 0.3) is 0 Å². The lowest BCUT2D eigenvalue weighted by Crippen LogP contribution is -1.88. The molecule has 0 unspecified atom stereocenters. The van der Waals surface area contributed by atoms with Crippen LogP contribution in [0.4, 0.5) is 0 Å². The van der Waals surface area contributed by atoms with Crippen molar-refractivity contribution in [1.29, 1.82) is 0 Å². The fraction of sp³-hybridized carbons (Fsp3) is 0.619. The highest BCUT2D eigenvalue weighted by Gasteiger charge is 1.91. The molecule has 4 heteroatoms. The Morgan fingerprint density at radius 3 is 1.68 bits per heavy atom. The van der Waals surface area contributed by atoms with Gasteiger partial charge in [0.2, 0.25) is 0 Å². The SMILES string of the molecule is C=CCO.CC(C)=C/C=C/CO.CC(C)=CBr.CC(C)CCCCO. The summed E-state index contributed by atoms with van der Waals surface area (Å²) in [6.45, 7) is 16.3. The Bertz CT molecular complexity index is 324. The monoisotopic (exact) mass is 420 g/mol. The number of hydrogen-bond donors (Lipinski definition) is 3. The Kier molecular flexibility index (Phi) is 39.9. The van der Waals surface area contributed by atoms with Crippen LogP contribution >= 0.6 is 15.9 Å². The number of aliphatic hydroxyl groups excluding tert-OH is 3. The highest BCUT2D eigenvalue weighted by Crippen LogP contribution is 2.04. The third-order valence-corrected chi connectivity index (χ3v) is 3.12. The molecule has 3 N–H and O–H groups in total. The summed E-state index contributed by atoms with van der Waals surface area (Å²) in [6.07, 6.45) is 10.3. The third-order valence-electron chi connectivity index (χ3n) is 2.21. The van der Waals surface area contributed by atoms with Gasteiger partial charge in [0.1, 0.15) is 0 Å². The van der Waals surface area contributed by atoms with E-state index in [0.29, 0.717) is 6.61 Å². The number of rotatable bonds is 7. The summed E-state index contributed by atoms with van der Waals surface area (Å²) in [5, 5.41) is 24.4. The first-order valence-electron chi connectivity index (χ1n) is 8.70. The average molecular weight is 421 g/mol. The summed E-state index contributed by atoms with van der Waals surface area (Å²) in [5.41, 5.74) is 2.54. The van der Waals surface area contributed by atoms with Crippen molar-refractivity contribution in [3.63, 3.8) is 0 Å². The molecule has 0 atom stereocenters. The molecule has 0 amide bonds. The second-order valence-electron chi connectivity index (χ2n) is 6.13. The number of aliphatic hydroxyl groups is 3. The van der Waals surface area contributed by atoms with E-state index in [1.807, 2.05) is 44.8 Å². The minimum absolute atomic E-state index is 0.0833. The summed E-state index contributed by atoms with van der Waals surface area (Å²) in [7, 11) is 0. The molecule has 0 radical (unpaired) electrons. The van der Waals surface area contributed by atoms with Gasteiger partial charge in [0.25, 0.3) is 0 Å². The molecule has 0 bridgehead atoms. The number of unbranched alkanes of at least 4 members (excludes halogenated alkanes) is 1. The molecule has 0 saturated heterocycles. The summed E-state index contributed by atoms with van der Waals surface area (Å²) >= 11 is 3.15. The smallest absolute Gasteiger partial charge is 0.0615 e. The van der Waals surface area contributed by atoms with E-state index >= 15 is 0 Å². The van der Waals surface area contributed by atoms with Gasteiger partial charge in [0.15, 0.2) is 0 Å². The molecule has 3 nitrogen and oxygen atoms in total. The number of hydrogen-bond acceptors (Lipinski definition) is 3. The van der Waals surface area contributed by atoms with Gasteiger partial charge in [-0.15, -0.1) is 6.58 Å². The third kappa shape index (κ3) is 69.8. The maximum absolute atomic E-state index is 8.38. The second kappa shape index (κ2) is 31.1. The molecule has 0 aromatic heterocycles. The van der Waals surface area contributed by atoms with Crippen molar-refractivity contribution in [2.24, 2.45) is 5.92 Å². The van der Waals surface area contributed by atoms with Crippen LogP contribution in [0.3, 0.4) is 0 Å². The van der Waals surface area contributed by atoms with Crippen molar-refractivity contribution in [2.75, 3.05) is 19.8 Å². The van der Waals surface area contributed by atoms with Crippen LogP contribution in [0.1, 0.15) is 60.8 Å². The van der Waals surface area contributed by atoms with Crippen molar-refractivity contribution in [1.82, 2.24) is 0 Å². The van der Waals surface area contributed by atoms with Crippen molar-refractivity contribution in [3.8, 4) is 0 Å². The molecule has 150 valence electrons. The molecule has 0 aromatic rings. The normalized spacial score (nSPS) is 8.92. The van der Waals surface area contributed by atoms with Gasteiger partial charge in [-0.25, -0.2) is 0 Å². The highest BCUT2D eigenvalue weighted by atomic mass is 79.9. The minimum Gasteiger partial charge on any atom is -0.396 e. The lowest BCUT2D eigenvalue weighted by Gasteiger charge is -2.00. The average Bonchev–Trinajstić information content (AvgIpc) is 2.56. The highest BCUT2D eigenvalue weighted by molar-refractivity contribution is 9.11. The largest absolute Gasteiger partial charge is 0.396 e. The predicted octanol–water partition coefficient (Wildman–Crippen LogP) is 5.78. The van der Waals surface area contributed by atoms with E-state index in [2.05, 4.69) is 36.4 Å². The van der Waals surface area contributed by atoms with E-state index in [0.717, 1.165) is 12.3 Å². The van der Waals surface area contributed by atoms with E-state index in [1.54, 1.807) is 6.08 Å². The summed E-state index contributed by atoms with van der Waals surface area (Å²) in [5.74, 6) is 0.793. The molecule has 0 rings (SSSR count). The van der Waals surface area contributed by atoms with Crippen molar-refractivity contribution in [2.45, 2.75) is 60.8 Å². The van der Waals surface area contributed by atoms with Gasteiger partial charge in [0.05, 0.1) is 13.2 Å². The minimum atomic E-state index is 0.0833. The molecule has 0 aliphatic rings. The molecule has 0 spiro atoms. The summed E-state index contributed by atoms with van der Waals surface area (Å²) in [6, 6.07) is 0. The zero-order valence-corrected chi connectivity index (χ0v) is 18.7. The van der Waals surface area contributed by atoms with Gasteiger partial charge < -0.3 is 15.3 Å². The fourth-order valence-corrected chi connectivity index (χ4v) is 0.986. The molecule has 0 aliphatic carbocycles. The van der Waals surface area contributed by atoms with Crippen LogP contribution in [0, 0.1) is 5.92 Å². The van der Waals surface area contributed by atoms with Crippen molar-refractivity contribution in [3.05, 3.63) is 47.0 Å². The Morgan fingerprint density at radius 2 is 1.44 bits per heavy atom. The van der Waals surface area contributed by atoms with E-state index in [-0.39, 0.29) is 13.2 Å². The van der Waals surface area contributed by atoms with Crippen molar-refractivity contribution < 1.29 is 15.3 Å². The van der Waals surface area contributed by atoms with E-state index in [9.17, 15) is 0 Å². The van der Waals surface area contributed by atoms with Gasteiger partial charge in [-0.3, -0.25) is 0 Å². The van der Waals surface area contributed by atoms with E-state index in [4.69, 9.17) is 15.3 Å². The van der Waals surface area contributed by atoms with Gasteiger partial charge in [-0.1, -0.05) is 78.1 Å². The molecule has 25 heavy (non-hydrogen) atoms. The first-order chi connectivity index (χ1) is 11.7. The van der Waals surface area contributed by atoms with Crippen LogP contribution < -0.4 is 0 Å². The predicted molar refractivity (Wildman–Crippen MR) is 117 cm³/mol. The first-order valence-corrected chi connectivity index (χ1v) is 9.61. The van der Waals surface area contributed by atoms with Crippen LogP contribution in [-0.4, -0.2) is 35.1 Å². The molecular weight excluding hydrogens is 380 g/mol. The Balaban J connectivity index is -0.000000122. The second-order valence-corrected chi connectivity index (χ2v) is 6.58. The number of halogens is 1. The van der Waals surface area contributed by atoms with Crippen LogP contribution in [-0.2, 0) is 0 Å². The standard InChI is InChI=1S/C7H16O.C7H12O.C4H7Br.C3H6O/c2*1-7(2)5-3-4-6-8;1-4(2)3-5;1-2-3-4/h7-8H,3-6H2,1-2H3;3-5,8H,6H2,1-2H3;3H,1-2H3;2,4H,1,3H2/b;4-3+;;. The Morgan fingerprint density at radius 1 is 0.960 bits per heavy atom. The zero-order chi connectivity index (χ0) is 20.5. The summed E-state index contributed by atoms with van der Waals surface area (Å²) < 4.78 is 0. The molecule has 0 heterocycles. The molecule has 0 saturated carbocycles. The van der Waals surface area contributed by atoms with Gasteiger partial charge in [-0.2, -0.15) is 0 Å². The van der Waals surface area contributed by atoms with Crippen LogP contribution in [0.2, 0.25) is 0 Å². The fourth-order valence-electron chi connectivity index (χ4n) is 0.986. The quantitative estimate of drug-likeness (QED) is 0.278. The van der Waals surface area contributed by atoms with Crippen molar-refractivity contribution >= 4 is 15.9 Å². The van der Waals surface area contributed by atoms with Gasteiger partial charge in [0, 0.05) is 6.61 Å². The Hall–Kier alpha value is -0.680. The molecule has 0 aromatic carbocycles. The molecular formula is C21H41BrO3. The summed E-state index contributed by atoms with van der Waals surface area (Å²) in [4.78, 5) is 1.90.